The van der Waals surface area contributed by atoms with Crippen molar-refractivity contribution in [3.05, 3.63) is 46.5 Å². The average molecular weight is 409 g/mol. The number of carbonyl (C=O) groups is 1. The summed E-state index contributed by atoms with van der Waals surface area (Å²) in [6, 6.07) is 6.24. The predicted molar refractivity (Wildman–Crippen MR) is 100 cm³/mol. The van der Waals surface area contributed by atoms with Crippen LogP contribution in [0.1, 0.15) is 6.42 Å². The Bertz CT molecular complexity index is 1070. The van der Waals surface area contributed by atoms with Crippen molar-refractivity contribution in [2.45, 2.75) is 19.0 Å². The molecule has 1 aliphatic heterocycles. The van der Waals surface area contributed by atoms with E-state index < -0.39 is 33.2 Å². The Hall–Kier alpha value is -2.75. The van der Waals surface area contributed by atoms with Crippen LogP contribution < -0.4 is 10.3 Å². The van der Waals surface area contributed by atoms with Gasteiger partial charge in [0.25, 0.3) is 5.56 Å². The molecule has 0 bridgehead atoms. The number of nitrogens with zero attached hydrogens (tertiary/aromatic N) is 3. The fourth-order valence-electron chi connectivity index (χ4n) is 3.11. The first-order valence-electron chi connectivity index (χ1n) is 8.58. The number of methoxy groups -OCH3 is 1. The number of ether oxygens (including phenoxy) is 1. The van der Waals surface area contributed by atoms with Crippen LogP contribution in [0, 0.1) is 5.82 Å². The quantitative estimate of drug-likeness (QED) is 0.721. The lowest BCUT2D eigenvalue weighted by Crippen LogP contribution is -2.41. The number of amides is 1. The second kappa shape index (κ2) is 7.70. The Balaban J connectivity index is 1.84. The van der Waals surface area contributed by atoms with Gasteiger partial charge >= 0.3 is 0 Å². The molecule has 1 fully saturated rings. The third-order valence-corrected chi connectivity index (χ3v) is 6.49. The molecule has 2 heterocycles. The van der Waals surface area contributed by atoms with E-state index in [1.807, 2.05) is 0 Å². The Morgan fingerprint density at radius 3 is 2.75 bits per heavy atom. The van der Waals surface area contributed by atoms with Gasteiger partial charge < -0.3 is 9.64 Å². The minimum absolute atomic E-state index is 0.0489. The van der Waals surface area contributed by atoms with Gasteiger partial charge in [-0.25, -0.2) is 17.5 Å². The molecule has 28 heavy (non-hydrogen) atoms. The van der Waals surface area contributed by atoms with Crippen molar-refractivity contribution in [1.82, 2.24) is 14.7 Å². The number of aromatic nitrogens is 2. The van der Waals surface area contributed by atoms with Crippen molar-refractivity contribution in [2.75, 3.05) is 25.7 Å². The van der Waals surface area contributed by atoms with Gasteiger partial charge in [-0.1, -0.05) is 0 Å². The van der Waals surface area contributed by atoms with E-state index in [2.05, 4.69) is 5.10 Å². The third kappa shape index (κ3) is 4.22. The highest BCUT2D eigenvalue weighted by Gasteiger charge is 2.32. The number of likely N-dealkylation sites (N-methyl/N-ethyl adjacent to an activating group) is 1. The topological polar surface area (TPSA) is 98.6 Å². The van der Waals surface area contributed by atoms with Gasteiger partial charge in [0.1, 0.15) is 18.1 Å². The molecule has 0 spiro atoms. The van der Waals surface area contributed by atoms with E-state index in [0.29, 0.717) is 17.7 Å². The minimum atomic E-state index is -3.13. The molecule has 1 saturated heterocycles. The van der Waals surface area contributed by atoms with Crippen molar-refractivity contribution < 1.29 is 22.3 Å². The zero-order valence-electron chi connectivity index (χ0n) is 15.5. The van der Waals surface area contributed by atoms with Crippen molar-refractivity contribution in [3.63, 3.8) is 0 Å². The van der Waals surface area contributed by atoms with Gasteiger partial charge in [-0.05, 0) is 24.6 Å². The molecule has 1 aliphatic rings. The molecule has 1 atom stereocenters. The van der Waals surface area contributed by atoms with Gasteiger partial charge in [0.15, 0.2) is 9.84 Å². The van der Waals surface area contributed by atoms with E-state index in [9.17, 15) is 22.4 Å². The van der Waals surface area contributed by atoms with Crippen LogP contribution in [-0.4, -0.2) is 60.7 Å². The maximum Gasteiger partial charge on any atom is 0.267 e. The first-order valence-corrected chi connectivity index (χ1v) is 10.4. The second-order valence-corrected chi connectivity index (χ2v) is 8.85. The van der Waals surface area contributed by atoms with Crippen LogP contribution in [0.2, 0.25) is 0 Å². The van der Waals surface area contributed by atoms with Crippen LogP contribution in [0.5, 0.6) is 5.75 Å². The number of halogens is 1. The van der Waals surface area contributed by atoms with E-state index in [4.69, 9.17) is 4.74 Å². The lowest BCUT2D eigenvalue weighted by Gasteiger charge is -2.23. The first kappa shape index (κ1) is 20.0. The SMILES string of the molecule is COc1cc(F)ccc1-c1ccc(=O)n(CC(=O)N(C)[C@@H]2CCS(=O)(=O)C2)n1. The molecule has 3 rings (SSSR count). The highest BCUT2D eigenvalue weighted by Crippen LogP contribution is 2.28. The summed E-state index contributed by atoms with van der Waals surface area (Å²) < 4.78 is 42.8. The number of benzene rings is 1. The summed E-state index contributed by atoms with van der Waals surface area (Å²) in [7, 11) is -0.221. The Morgan fingerprint density at radius 1 is 1.36 bits per heavy atom. The molecule has 1 aromatic heterocycles. The van der Waals surface area contributed by atoms with Gasteiger partial charge in [0, 0.05) is 30.8 Å². The summed E-state index contributed by atoms with van der Waals surface area (Å²) in [5.41, 5.74) is 0.335. The molecule has 0 saturated carbocycles. The van der Waals surface area contributed by atoms with Crippen molar-refractivity contribution in [3.8, 4) is 17.0 Å². The van der Waals surface area contributed by atoms with Gasteiger partial charge in [-0.3, -0.25) is 9.59 Å². The van der Waals surface area contributed by atoms with Crippen LogP contribution in [-0.2, 0) is 21.2 Å². The molecule has 10 heteroatoms. The summed E-state index contributed by atoms with van der Waals surface area (Å²) in [6.07, 6.45) is 0.375. The average Bonchev–Trinajstić information content (AvgIpc) is 3.02. The van der Waals surface area contributed by atoms with Crippen LogP contribution >= 0.6 is 0 Å². The van der Waals surface area contributed by atoms with Crippen LogP contribution in [0.25, 0.3) is 11.3 Å². The largest absolute Gasteiger partial charge is 0.496 e. The highest BCUT2D eigenvalue weighted by atomic mass is 32.2. The van der Waals surface area contributed by atoms with E-state index in [1.165, 1.54) is 49.4 Å². The highest BCUT2D eigenvalue weighted by molar-refractivity contribution is 7.91. The van der Waals surface area contributed by atoms with Gasteiger partial charge in [-0.2, -0.15) is 5.10 Å². The van der Waals surface area contributed by atoms with E-state index in [1.54, 1.807) is 0 Å². The van der Waals surface area contributed by atoms with E-state index in [-0.39, 0.29) is 23.8 Å². The Labute approximate surface area is 161 Å². The maximum absolute atomic E-state index is 13.4. The third-order valence-electron chi connectivity index (χ3n) is 4.74. The molecule has 0 N–H and O–H groups in total. The summed E-state index contributed by atoms with van der Waals surface area (Å²) in [6.45, 7) is -0.330. The van der Waals surface area contributed by atoms with Crippen molar-refractivity contribution in [1.29, 1.82) is 0 Å². The predicted octanol–water partition coefficient (Wildman–Crippen LogP) is 0.704. The Morgan fingerprint density at radius 2 is 2.11 bits per heavy atom. The van der Waals surface area contributed by atoms with E-state index >= 15 is 0 Å². The molecule has 1 amide bonds. The molecule has 1 aromatic carbocycles. The van der Waals surface area contributed by atoms with Crippen LogP contribution in [0.3, 0.4) is 0 Å². The smallest absolute Gasteiger partial charge is 0.267 e. The molecule has 150 valence electrons. The fraction of sp³-hybridized carbons (Fsp3) is 0.389. The number of hydrogen-bond donors (Lipinski definition) is 0. The van der Waals surface area contributed by atoms with Crippen LogP contribution in [0.15, 0.2) is 35.1 Å². The molecule has 0 radical (unpaired) electrons. The maximum atomic E-state index is 13.4. The molecular formula is C18H20FN3O5S. The first-order chi connectivity index (χ1) is 13.2. The second-order valence-electron chi connectivity index (χ2n) is 6.62. The summed E-state index contributed by atoms with van der Waals surface area (Å²) >= 11 is 0. The summed E-state index contributed by atoms with van der Waals surface area (Å²) in [4.78, 5) is 26.0. The molecule has 0 aliphatic carbocycles. The number of hydrogen-bond acceptors (Lipinski definition) is 6. The molecule has 8 nitrogen and oxygen atoms in total. The van der Waals surface area contributed by atoms with Crippen molar-refractivity contribution in [2.24, 2.45) is 0 Å². The monoisotopic (exact) mass is 409 g/mol. The zero-order chi connectivity index (χ0) is 20.5. The molecular weight excluding hydrogens is 389 g/mol. The summed E-state index contributed by atoms with van der Waals surface area (Å²) in [5, 5.41) is 4.19. The normalized spacial score (nSPS) is 18.0. The van der Waals surface area contributed by atoms with Crippen molar-refractivity contribution >= 4 is 15.7 Å². The van der Waals surface area contributed by atoms with Gasteiger partial charge in [-0.15, -0.1) is 0 Å². The standard InChI is InChI=1S/C18H20FN3O5S/c1-21(13-7-8-28(25,26)11-13)18(24)10-22-17(23)6-5-15(20-22)14-4-3-12(19)9-16(14)27-2/h3-6,9,13H,7-8,10-11H2,1-2H3/t13-/m1/s1. The van der Waals surface area contributed by atoms with E-state index in [0.717, 1.165) is 4.68 Å². The van der Waals surface area contributed by atoms with Crippen LogP contribution in [0.4, 0.5) is 4.39 Å². The number of rotatable bonds is 5. The lowest BCUT2D eigenvalue weighted by atomic mass is 10.1. The fourth-order valence-corrected chi connectivity index (χ4v) is 4.88. The lowest BCUT2D eigenvalue weighted by molar-refractivity contribution is -0.132. The summed E-state index contributed by atoms with van der Waals surface area (Å²) in [5.74, 6) is -0.674. The zero-order valence-corrected chi connectivity index (χ0v) is 16.3. The van der Waals surface area contributed by atoms with Gasteiger partial charge in [0.05, 0.1) is 24.3 Å². The molecule has 2 aromatic rings. The number of sulfone groups is 1. The molecule has 0 unspecified atom stereocenters. The Kier molecular flexibility index (Phi) is 5.50. The van der Waals surface area contributed by atoms with Gasteiger partial charge in [0.2, 0.25) is 5.91 Å². The minimum Gasteiger partial charge on any atom is -0.496 e. The number of carbonyl (C=O) groups excluding carboxylic acids is 1.